The molecule has 0 aliphatic rings. The van der Waals surface area contributed by atoms with E-state index in [-0.39, 0.29) is 18.3 Å². The van der Waals surface area contributed by atoms with Crippen LogP contribution in [0.15, 0.2) is 55.0 Å². The molecule has 6 nitrogen and oxygen atoms in total. The lowest BCUT2D eigenvalue weighted by Gasteiger charge is -2.06. The zero-order valence-corrected chi connectivity index (χ0v) is 14.6. The highest BCUT2D eigenvalue weighted by Crippen LogP contribution is 2.31. The second-order valence-corrected chi connectivity index (χ2v) is 6.05. The summed E-state index contributed by atoms with van der Waals surface area (Å²) in [6, 6.07) is 12.1. The van der Waals surface area contributed by atoms with Gasteiger partial charge in [0.15, 0.2) is 0 Å². The molecule has 7 heteroatoms. The Bertz CT molecular complexity index is 1100. The first kappa shape index (κ1) is 17.0. The fourth-order valence-corrected chi connectivity index (χ4v) is 3.04. The molecule has 1 N–H and O–H groups in total. The fraction of sp³-hybridized carbons (Fsp3) is 0.150. The van der Waals surface area contributed by atoms with Crippen LogP contribution in [-0.2, 0) is 16.1 Å². The normalized spacial score (nSPS) is 11.0. The summed E-state index contributed by atoms with van der Waals surface area (Å²) in [7, 11) is 0. The molecular formula is C20H17FN4O2. The van der Waals surface area contributed by atoms with Gasteiger partial charge in [0.1, 0.15) is 12.4 Å². The van der Waals surface area contributed by atoms with Crippen LogP contribution in [0.5, 0.6) is 0 Å². The molecule has 0 fully saturated rings. The van der Waals surface area contributed by atoms with Crippen LogP contribution in [0.4, 0.5) is 4.39 Å². The summed E-state index contributed by atoms with van der Waals surface area (Å²) in [4.78, 5) is 16.1. The minimum Gasteiger partial charge on any atom is -0.465 e. The first-order valence-electron chi connectivity index (χ1n) is 8.56. The first-order chi connectivity index (χ1) is 13.2. The van der Waals surface area contributed by atoms with Gasteiger partial charge in [-0.25, -0.2) is 9.37 Å². The van der Waals surface area contributed by atoms with E-state index in [1.165, 1.54) is 12.1 Å². The van der Waals surface area contributed by atoms with Crippen molar-refractivity contribution in [2.45, 2.75) is 13.5 Å². The standard InChI is InChI=1S/C20H17FN4O2/c1-2-27-19(26)11-25-12-22-17-9-14(5-8-18(17)25)16-10-23-24-20(16)13-3-6-15(21)7-4-13/h3-10,12H,2,11H2,1H3,(H,23,24). The summed E-state index contributed by atoms with van der Waals surface area (Å²) in [6.07, 6.45) is 3.36. The Morgan fingerprint density at radius 3 is 2.74 bits per heavy atom. The SMILES string of the molecule is CCOC(=O)Cn1cnc2cc(-c3cn[nH]c3-c3ccc(F)cc3)ccc21. The van der Waals surface area contributed by atoms with E-state index in [1.54, 1.807) is 36.1 Å². The van der Waals surface area contributed by atoms with Crippen LogP contribution in [0.1, 0.15) is 6.92 Å². The van der Waals surface area contributed by atoms with Gasteiger partial charge in [0, 0.05) is 11.1 Å². The van der Waals surface area contributed by atoms with Crippen molar-refractivity contribution in [3.05, 3.63) is 60.8 Å². The van der Waals surface area contributed by atoms with Gasteiger partial charge in [0.2, 0.25) is 0 Å². The Kier molecular flexibility index (Phi) is 4.42. The molecule has 2 aromatic carbocycles. The minimum absolute atomic E-state index is 0.121. The van der Waals surface area contributed by atoms with E-state index in [2.05, 4.69) is 15.2 Å². The second-order valence-electron chi connectivity index (χ2n) is 6.05. The largest absolute Gasteiger partial charge is 0.465 e. The maximum atomic E-state index is 13.2. The maximum absolute atomic E-state index is 13.2. The van der Waals surface area contributed by atoms with E-state index < -0.39 is 0 Å². The van der Waals surface area contributed by atoms with Crippen LogP contribution in [0.25, 0.3) is 33.4 Å². The number of carbonyl (C=O) groups excluding carboxylic acids is 1. The fourth-order valence-electron chi connectivity index (χ4n) is 3.04. The Balaban J connectivity index is 1.69. The maximum Gasteiger partial charge on any atom is 0.325 e. The van der Waals surface area contributed by atoms with Crippen LogP contribution >= 0.6 is 0 Å². The van der Waals surface area contributed by atoms with Gasteiger partial charge in [-0.3, -0.25) is 9.89 Å². The van der Waals surface area contributed by atoms with Crippen LogP contribution in [0, 0.1) is 5.82 Å². The number of aromatic amines is 1. The molecule has 136 valence electrons. The molecular weight excluding hydrogens is 347 g/mol. The van der Waals surface area contributed by atoms with Crippen LogP contribution in [0.3, 0.4) is 0 Å². The Morgan fingerprint density at radius 2 is 1.96 bits per heavy atom. The van der Waals surface area contributed by atoms with Gasteiger partial charge in [-0.1, -0.05) is 6.07 Å². The van der Waals surface area contributed by atoms with Crippen molar-refractivity contribution in [3.63, 3.8) is 0 Å². The van der Waals surface area contributed by atoms with Gasteiger partial charge in [-0.05, 0) is 48.9 Å². The lowest BCUT2D eigenvalue weighted by atomic mass is 10.0. The summed E-state index contributed by atoms with van der Waals surface area (Å²) < 4.78 is 19.9. The van der Waals surface area contributed by atoms with Gasteiger partial charge >= 0.3 is 5.97 Å². The topological polar surface area (TPSA) is 72.8 Å². The number of H-pyrrole nitrogens is 1. The summed E-state index contributed by atoms with van der Waals surface area (Å²) in [5, 5.41) is 7.11. The van der Waals surface area contributed by atoms with E-state index in [0.29, 0.717) is 6.61 Å². The van der Waals surface area contributed by atoms with Crippen LogP contribution in [0.2, 0.25) is 0 Å². The molecule has 0 amide bonds. The van der Waals surface area contributed by atoms with Gasteiger partial charge in [-0.2, -0.15) is 5.10 Å². The van der Waals surface area contributed by atoms with Crippen LogP contribution < -0.4 is 0 Å². The van der Waals surface area contributed by atoms with Crippen molar-refractivity contribution in [3.8, 4) is 22.4 Å². The Labute approximate surface area is 154 Å². The Morgan fingerprint density at radius 1 is 1.19 bits per heavy atom. The van der Waals surface area contributed by atoms with Crippen LogP contribution in [-0.4, -0.2) is 32.3 Å². The Hall–Kier alpha value is -3.48. The number of imidazole rings is 1. The second kappa shape index (κ2) is 7.03. The lowest BCUT2D eigenvalue weighted by molar-refractivity contribution is -0.143. The molecule has 0 bridgehead atoms. The van der Waals surface area contributed by atoms with Crippen molar-refractivity contribution in [1.29, 1.82) is 0 Å². The third-order valence-electron chi connectivity index (χ3n) is 4.31. The zero-order valence-electron chi connectivity index (χ0n) is 14.6. The molecule has 0 aliphatic heterocycles. The number of hydrogen-bond acceptors (Lipinski definition) is 4. The number of benzene rings is 2. The van der Waals surface area contributed by atoms with E-state index in [0.717, 1.165) is 33.4 Å². The van der Waals surface area contributed by atoms with E-state index in [4.69, 9.17) is 4.74 Å². The summed E-state index contributed by atoms with van der Waals surface area (Å²) in [6.45, 7) is 2.25. The number of ether oxygens (including phenoxy) is 1. The predicted molar refractivity (Wildman–Crippen MR) is 99.3 cm³/mol. The number of aromatic nitrogens is 4. The first-order valence-corrected chi connectivity index (χ1v) is 8.56. The zero-order chi connectivity index (χ0) is 18.8. The summed E-state index contributed by atoms with van der Waals surface area (Å²) in [5.74, 6) is -0.581. The number of nitrogens with zero attached hydrogens (tertiary/aromatic N) is 3. The van der Waals surface area contributed by atoms with Crippen molar-refractivity contribution >= 4 is 17.0 Å². The van der Waals surface area contributed by atoms with Gasteiger partial charge < -0.3 is 9.30 Å². The number of esters is 1. The average Bonchev–Trinajstić information content (AvgIpc) is 3.30. The molecule has 0 spiro atoms. The third kappa shape index (κ3) is 3.31. The molecule has 27 heavy (non-hydrogen) atoms. The van der Waals surface area contributed by atoms with Gasteiger partial charge in [-0.15, -0.1) is 0 Å². The van der Waals surface area contributed by atoms with Crippen molar-refractivity contribution in [2.24, 2.45) is 0 Å². The molecule has 0 atom stereocenters. The third-order valence-corrected chi connectivity index (χ3v) is 4.31. The smallest absolute Gasteiger partial charge is 0.325 e. The molecule has 0 unspecified atom stereocenters. The predicted octanol–water partition coefficient (Wildman–Crippen LogP) is 3.80. The quantitative estimate of drug-likeness (QED) is 0.547. The molecule has 0 saturated carbocycles. The molecule has 4 aromatic rings. The highest BCUT2D eigenvalue weighted by atomic mass is 19.1. The number of rotatable bonds is 5. The monoisotopic (exact) mass is 364 g/mol. The van der Waals surface area contributed by atoms with Gasteiger partial charge in [0.05, 0.1) is 35.9 Å². The van der Waals surface area contributed by atoms with E-state index in [1.807, 2.05) is 18.2 Å². The van der Waals surface area contributed by atoms with Crippen molar-refractivity contribution < 1.29 is 13.9 Å². The van der Waals surface area contributed by atoms with Crippen molar-refractivity contribution in [2.75, 3.05) is 6.61 Å². The van der Waals surface area contributed by atoms with Crippen molar-refractivity contribution in [1.82, 2.24) is 19.7 Å². The molecule has 0 saturated heterocycles. The summed E-state index contributed by atoms with van der Waals surface area (Å²) in [5.41, 5.74) is 5.08. The molecule has 2 heterocycles. The lowest BCUT2D eigenvalue weighted by Crippen LogP contribution is -2.12. The number of nitrogens with one attached hydrogen (secondary N) is 1. The average molecular weight is 364 g/mol. The highest BCUT2D eigenvalue weighted by molar-refractivity contribution is 5.87. The van der Waals surface area contributed by atoms with E-state index in [9.17, 15) is 9.18 Å². The molecule has 2 aromatic heterocycles. The minimum atomic E-state index is -0.297. The highest BCUT2D eigenvalue weighted by Gasteiger charge is 2.13. The number of carbonyl (C=O) groups is 1. The number of halogens is 1. The molecule has 0 aliphatic carbocycles. The van der Waals surface area contributed by atoms with Gasteiger partial charge in [0.25, 0.3) is 0 Å². The van der Waals surface area contributed by atoms with E-state index >= 15 is 0 Å². The summed E-state index contributed by atoms with van der Waals surface area (Å²) >= 11 is 0. The number of fused-ring (bicyclic) bond motifs is 1. The molecule has 0 radical (unpaired) electrons. The molecule has 4 rings (SSSR count). The number of hydrogen-bond donors (Lipinski definition) is 1.